The number of hydrogen-bond donors (Lipinski definition) is 2. The highest BCUT2D eigenvalue weighted by Gasteiger charge is 2.38. The lowest BCUT2D eigenvalue weighted by Crippen LogP contribution is -2.56. The van der Waals surface area contributed by atoms with Crippen molar-refractivity contribution in [1.82, 2.24) is 10.6 Å². The van der Waals surface area contributed by atoms with E-state index in [2.05, 4.69) is 17.6 Å². The molecule has 3 atom stereocenters. The van der Waals surface area contributed by atoms with Crippen molar-refractivity contribution in [1.29, 1.82) is 0 Å². The molecule has 1 rings (SSSR count). The zero-order valence-corrected chi connectivity index (χ0v) is 11.0. The van der Waals surface area contributed by atoms with Gasteiger partial charge in [-0.25, -0.2) is 0 Å². The summed E-state index contributed by atoms with van der Waals surface area (Å²) in [7, 11) is 0. The monoisotopic (exact) mass is 228 g/mol. The topological polar surface area (TPSA) is 50.4 Å². The van der Waals surface area contributed by atoms with Crippen LogP contribution in [0, 0.1) is 0 Å². The van der Waals surface area contributed by atoms with Gasteiger partial charge in [0, 0.05) is 18.2 Å². The largest absolute Gasteiger partial charge is 0.377 e. The predicted molar refractivity (Wildman–Crippen MR) is 64.3 cm³/mol. The summed E-state index contributed by atoms with van der Waals surface area (Å²) in [5, 5.41) is 6.28. The molecule has 1 aliphatic heterocycles. The highest BCUT2D eigenvalue weighted by Crippen LogP contribution is 2.25. The second-order valence-electron chi connectivity index (χ2n) is 5.21. The van der Waals surface area contributed by atoms with Crippen molar-refractivity contribution >= 4 is 5.91 Å². The number of rotatable bonds is 4. The normalized spacial score (nSPS) is 31.8. The van der Waals surface area contributed by atoms with Gasteiger partial charge in [0.25, 0.3) is 0 Å². The molecule has 4 nitrogen and oxygen atoms in total. The minimum Gasteiger partial charge on any atom is -0.377 e. The fourth-order valence-electron chi connectivity index (χ4n) is 1.99. The Labute approximate surface area is 98.1 Å². The van der Waals surface area contributed by atoms with Gasteiger partial charge in [-0.2, -0.15) is 0 Å². The van der Waals surface area contributed by atoms with Crippen LogP contribution in [0.2, 0.25) is 0 Å². The van der Waals surface area contributed by atoms with Crippen LogP contribution in [0.15, 0.2) is 0 Å². The van der Waals surface area contributed by atoms with Crippen LogP contribution in [-0.2, 0) is 9.53 Å². The predicted octanol–water partition coefficient (Wildman–Crippen LogP) is 1.06. The van der Waals surface area contributed by atoms with E-state index in [0.29, 0.717) is 0 Å². The van der Waals surface area contributed by atoms with E-state index in [1.54, 1.807) is 0 Å². The Morgan fingerprint density at radius 3 is 2.50 bits per heavy atom. The highest BCUT2D eigenvalue weighted by atomic mass is 16.5. The Bertz CT molecular complexity index is 255. The fourth-order valence-corrected chi connectivity index (χ4v) is 1.99. The molecule has 0 aromatic heterocycles. The molecule has 94 valence electrons. The lowest BCUT2D eigenvalue weighted by atomic mass is 9.93. The maximum Gasteiger partial charge on any atom is 0.237 e. The van der Waals surface area contributed by atoms with Crippen LogP contribution >= 0.6 is 0 Å². The summed E-state index contributed by atoms with van der Waals surface area (Å²) in [4.78, 5) is 11.8. The average molecular weight is 228 g/mol. The SMILES string of the molecule is CC(C)NC(=O)C(C)NC1(C)CCOC1C. The molecule has 1 amide bonds. The van der Waals surface area contributed by atoms with Gasteiger partial charge in [0.1, 0.15) is 0 Å². The second-order valence-corrected chi connectivity index (χ2v) is 5.21. The smallest absolute Gasteiger partial charge is 0.237 e. The van der Waals surface area contributed by atoms with E-state index in [4.69, 9.17) is 4.74 Å². The van der Waals surface area contributed by atoms with Gasteiger partial charge in [-0.15, -0.1) is 0 Å². The van der Waals surface area contributed by atoms with Crippen molar-refractivity contribution in [3.05, 3.63) is 0 Å². The fraction of sp³-hybridized carbons (Fsp3) is 0.917. The molecular formula is C12H24N2O2. The Balaban J connectivity index is 2.50. The number of hydrogen-bond acceptors (Lipinski definition) is 3. The van der Waals surface area contributed by atoms with Gasteiger partial charge in [-0.3, -0.25) is 10.1 Å². The molecule has 1 fully saturated rings. The number of ether oxygens (including phenoxy) is 1. The lowest BCUT2D eigenvalue weighted by molar-refractivity contribution is -0.123. The molecule has 3 unspecified atom stereocenters. The van der Waals surface area contributed by atoms with E-state index >= 15 is 0 Å². The van der Waals surface area contributed by atoms with E-state index in [9.17, 15) is 4.79 Å². The second kappa shape index (κ2) is 5.15. The van der Waals surface area contributed by atoms with E-state index in [1.807, 2.05) is 27.7 Å². The molecule has 0 bridgehead atoms. The average Bonchev–Trinajstić information content (AvgIpc) is 2.45. The van der Waals surface area contributed by atoms with Crippen LogP contribution in [0.3, 0.4) is 0 Å². The quantitative estimate of drug-likeness (QED) is 0.756. The minimum absolute atomic E-state index is 0.0512. The van der Waals surface area contributed by atoms with Crippen molar-refractivity contribution in [2.75, 3.05) is 6.61 Å². The van der Waals surface area contributed by atoms with Gasteiger partial charge < -0.3 is 10.1 Å². The van der Waals surface area contributed by atoms with Crippen LogP contribution in [0.4, 0.5) is 0 Å². The van der Waals surface area contributed by atoms with Crippen molar-refractivity contribution in [3.8, 4) is 0 Å². The van der Waals surface area contributed by atoms with Crippen LogP contribution in [0.25, 0.3) is 0 Å². The van der Waals surface area contributed by atoms with Crippen molar-refractivity contribution < 1.29 is 9.53 Å². The molecule has 0 aliphatic carbocycles. The molecule has 1 heterocycles. The molecule has 0 radical (unpaired) electrons. The van der Waals surface area contributed by atoms with Gasteiger partial charge in [0.15, 0.2) is 0 Å². The maximum atomic E-state index is 11.8. The molecule has 0 saturated carbocycles. The van der Waals surface area contributed by atoms with Crippen LogP contribution < -0.4 is 10.6 Å². The number of amides is 1. The van der Waals surface area contributed by atoms with Gasteiger partial charge in [0.05, 0.1) is 12.1 Å². The number of carbonyl (C=O) groups is 1. The first-order chi connectivity index (χ1) is 7.35. The van der Waals surface area contributed by atoms with Crippen LogP contribution in [0.1, 0.15) is 41.0 Å². The molecule has 1 saturated heterocycles. The lowest BCUT2D eigenvalue weighted by Gasteiger charge is -2.32. The molecular weight excluding hydrogens is 204 g/mol. The zero-order valence-electron chi connectivity index (χ0n) is 11.0. The van der Waals surface area contributed by atoms with E-state index in [-0.39, 0.29) is 29.6 Å². The standard InChI is InChI=1S/C12H24N2O2/c1-8(2)13-11(15)9(3)14-12(5)6-7-16-10(12)4/h8-10,14H,6-7H2,1-5H3,(H,13,15). The Hall–Kier alpha value is -0.610. The minimum atomic E-state index is -0.184. The first-order valence-corrected chi connectivity index (χ1v) is 6.05. The summed E-state index contributed by atoms with van der Waals surface area (Å²) >= 11 is 0. The Morgan fingerprint density at radius 1 is 1.44 bits per heavy atom. The third-order valence-electron chi connectivity index (χ3n) is 3.26. The molecule has 2 N–H and O–H groups in total. The molecule has 16 heavy (non-hydrogen) atoms. The first-order valence-electron chi connectivity index (χ1n) is 6.05. The summed E-state index contributed by atoms with van der Waals surface area (Å²) in [6, 6.07) is -0.00152. The van der Waals surface area contributed by atoms with Crippen molar-refractivity contribution in [3.63, 3.8) is 0 Å². The van der Waals surface area contributed by atoms with E-state index in [1.165, 1.54) is 0 Å². The number of nitrogens with one attached hydrogen (secondary N) is 2. The summed E-state index contributed by atoms with van der Waals surface area (Å²) in [5.41, 5.74) is -0.0895. The zero-order chi connectivity index (χ0) is 12.3. The number of carbonyl (C=O) groups excluding carboxylic acids is 1. The van der Waals surface area contributed by atoms with Crippen LogP contribution in [0.5, 0.6) is 0 Å². The highest BCUT2D eigenvalue weighted by molar-refractivity contribution is 5.81. The van der Waals surface area contributed by atoms with Crippen molar-refractivity contribution in [2.45, 2.75) is 64.8 Å². The molecule has 4 heteroatoms. The van der Waals surface area contributed by atoms with Crippen LogP contribution in [-0.4, -0.2) is 36.2 Å². The third-order valence-corrected chi connectivity index (χ3v) is 3.26. The Morgan fingerprint density at radius 2 is 2.06 bits per heavy atom. The van der Waals surface area contributed by atoms with Gasteiger partial charge in [-0.05, 0) is 41.0 Å². The molecule has 0 aromatic carbocycles. The summed E-state index contributed by atoms with van der Waals surface area (Å²) < 4.78 is 5.54. The van der Waals surface area contributed by atoms with Gasteiger partial charge in [0.2, 0.25) is 5.91 Å². The molecule has 1 aliphatic rings. The third kappa shape index (κ3) is 3.19. The summed E-state index contributed by atoms with van der Waals surface area (Å²) in [6.07, 6.45) is 1.11. The first kappa shape index (κ1) is 13.5. The van der Waals surface area contributed by atoms with E-state index < -0.39 is 0 Å². The van der Waals surface area contributed by atoms with Crippen molar-refractivity contribution in [2.24, 2.45) is 0 Å². The Kier molecular flexibility index (Phi) is 4.33. The van der Waals surface area contributed by atoms with Gasteiger partial charge >= 0.3 is 0 Å². The van der Waals surface area contributed by atoms with Gasteiger partial charge in [-0.1, -0.05) is 0 Å². The maximum absolute atomic E-state index is 11.8. The summed E-state index contributed by atoms with van der Waals surface area (Å²) in [5.74, 6) is 0.0512. The summed E-state index contributed by atoms with van der Waals surface area (Å²) in [6.45, 7) is 10.8. The molecule has 0 aromatic rings. The molecule has 0 spiro atoms. The van der Waals surface area contributed by atoms with E-state index in [0.717, 1.165) is 13.0 Å².